The van der Waals surface area contributed by atoms with Crippen molar-refractivity contribution in [2.45, 2.75) is 20.7 Å². The minimum atomic E-state index is -4.30. The van der Waals surface area contributed by atoms with Crippen LogP contribution in [-0.2, 0) is 30.4 Å². The van der Waals surface area contributed by atoms with Crippen molar-refractivity contribution in [3.05, 3.63) is 162 Å². The van der Waals surface area contributed by atoms with E-state index in [4.69, 9.17) is 0 Å². The third kappa shape index (κ3) is 10.3. The summed E-state index contributed by atoms with van der Waals surface area (Å²) in [6.07, 6.45) is 7.88. The summed E-state index contributed by atoms with van der Waals surface area (Å²) >= 11 is 0. The molecule has 1 aliphatic carbocycles. The summed E-state index contributed by atoms with van der Waals surface area (Å²) < 4.78 is 96.2. The zero-order valence-electron chi connectivity index (χ0n) is 27.9. The van der Waals surface area contributed by atoms with Gasteiger partial charge in [-0.1, -0.05) is 48.6 Å². The summed E-state index contributed by atoms with van der Waals surface area (Å²) in [5.74, 6) is 0. The molecule has 0 heterocycles. The topological polar surface area (TPSA) is 199 Å². The number of hydrogen-bond acceptors (Lipinski definition) is 9. The van der Waals surface area contributed by atoms with E-state index < -0.39 is 30.4 Å². The molecule has 0 aliphatic heterocycles. The van der Waals surface area contributed by atoms with Crippen LogP contribution < -0.4 is 45.5 Å². The predicted octanol–water partition coefficient (Wildman–Crippen LogP) is 4.33. The molecular weight excluding hydrogens is 750 g/mol. The maximum atomic E-state index is 11.4. The smallest absolute Gasteiger partial charge is 0.375 e. The monoisotopic (exact) mass is 780 g/mol. The van der Waals surface area contributed by atoms with E-state index in [9.17, 15) is 38.9 Å². The molecule has 0 amide bonds. The molecule has 0 unspecified atom stereocenters. The first kappa shape index (κ1) is 39.7. The second kappa shape index (κ2) is 16.2. The van der Waals surface area contributed by atoms with Crippen molar-refractivity contribution >= 4 is 64.4 Å². The minimum Gasteiger partial charge on any atom is -0.375 e. The minimum absolute atomic E-state index is 0. The SMILES string of the molecule is O=S(=O)(O)c1ccc(Nc2ccc(C(=C3C=CC(Nc4ccc(S(=O)(=O)O)cc4)C=C3)c3ccc(Nc4ccc(S(=O)(=O)O)cc4)cc3)cc2)cc1.[Na+]. The molecule has 0 aromatic heterocycles. The van der Waals surface area contributed by atoms with Crippen LogP contribution >= 0.6 is 0 Å². The Morgan fingerprint density at radius 2 is 0.717 bits per heavy atom. The van der Waals surface area contributed by atoms with Crippen LogP contribution in [0, 0.1) is 0 Å². The van der Waals surface area contributed by atoms with Crippen LogP contribution in [0.5, 0.6) is 0 Å². The van der Waals surface area contributed by atoms with Crippen molar-refractivity contribution in [3.63, 3.8) is 0 Å². The Hall–Kier alpha value is -4.55. The van der Waals surface area contributed by atoms with Gasteiger partial charge >= 0.3 is 29.6 Å². The van der Waals surface area contributed by atoms with Crippen LogP contribution in [0.15, 0.2) is 166 Å². The maximum Gasteiger partial charge on any atom is 1.00 e. The second-order valence-corrected chi connectivity index (χ2v) is 15.9. The zero-order chi connectivity index (χ0) is 37.1. The molecule has 0 spiro atoms. The van der Waals surface area contributed by atoms with Crippen LogP contribution in [0.4, 0.5) is 28.4 Å². The normalized spacial score (nSPS) is 14.2. The Bertz CT molecular complexity index is 2380. The van der Waals surface area contributed by atoms with Gasteiger partial charge in [0.2, 0.25) is 0 Å². The Morgan fingerprint density at radius 3 is 1.02 bits per heavy atom. The molecular formula is C37H31N3NaO9S3+. The summed E-state index contributed by atoms with van der Waals surface area (Å²) in [5, 5.41) is 9.74. The summed E-state index contributed by atoms with van der Waals surface area (Å²) in [7, 11) is -12.9. The third-order valence-electron chi connectivity index (χ3n) is 7.97. The summed E-state index contributed by atoms with van der Waals surface area (Å²) in [6.45, 7) is 0. The second-order valence-electron chi connectivity index (χ2n) is 11.6. The molecule has 0 radical (unpaired) electrons. The zero-order valence-corrected chi connectivity index (χ0v) is 32.4. The van der Waals surface area contributed by atoms with Crippen molar-refractivity contribution in [2.24, 2.45) is 0 Å². The van der Waals surface area contributed by atoms with Crippen molar-refractivity contribution in [1.29, 1.82) is 0 Å². The maximum absolute atomic E-state index is 11.4. The van der Waals surface area contributed by atoms with Gasteiger partial charge in [-0.05, 0) is 119 Å². The average Bonchev–Trinajstić information content (AvgIpc) is 3.10. The largest absolute Gasteiger partial charge is 1.00 e. The van der Waals surface area contributed by atoms with Crippen LogP contribution in [0.3, 0.4) is 0 Å². The molecule has 0 saturated heterocycles. The van der Waals surface area contributed by atoms with E-state index in [0.29, 0.717) is 17.1 Å². The van der Waals surface area contributed by atoms with E-state index in [1.807, 2.05) is 72.8 Å². The standard InChI is InChI=1S/C37H31N3O9S3.Na/c41-50(42,43)34-19-13-31(14-20-34)38-28-7-1-25(2-8-28)37(26-3-9-29(10-4-26)39-32-15-21-35(22-16-32)51(44,45)46)27-5-11-30(12-6-27)40-33-17-23-36(24-18-33)52(47,48)49;/h1-24,28,38-40H,(H,41,42,43)(H,44,45,46)(H,47,48,49);/q;+1. The van der Waals surface area contributed by atoms with E-state index in [1.54, 1.807) is 36.4 Å². The van der Waals surface area contributed by atoms with E-state index in [1.165, 1.54) is 36.4 Å². The van der Waals surface area contributed by atoms with E-state index in [-0.39, 0.29) is 50.3 Å². The average molecular weight is 781 g/mol. The van der Waals surface area contributed by atoms with Gasteiger partial charge in [0.05, 0.1) is 20.7 Å². The number of anilines is 5. The first-order chi connectivity index (χ1) is 24.6. The molecule has 16 heteroatoms. The molecule has 5 aromatic carbocycles. The van der Waals surface area contributed by atoms with Crippen LogP contribution in [0.1, 0.15) is 11.1 Å². The molecule has 266 valence electrons. The fraction of sp³-hybridized carbons (Fsp3) is 0.0270. The van der Waals surface area contributed by atoms with Crippen molar-refractivity contribution in [2.75, 3.05) is 16.0 Å². The molecule has 6 rings (SSSR count). The van der Waals surface area contributed by atoms with Gasteiger partial charge in [0.15, 0.2) is 0 Å². The quantitative estimate of drug-likeness (QED) is 0.0821. The Kier molecular flexibility index (Phi) is 12.1. The molecule has 0 bridgehead atoms. The molecule has 0 fully saturated rings. The van der Waals surface area contributed by atoms with Gasteiger partial charge in [-0.25, -0.2) is 0 Å². The van der Waals surface area contributed by atoms with Crippen molar-refractivity contribution in [1.82, 2.24) is 0 Å². The van der Waals surface area contributed by atoms with Gasteiger partial charge in [0, 0.05) is 28.4 Å². The van der Waals surface area contributed by atoms with Crippen molar-refractivity contribution < 1.29 is 68.5 Å². The Labute approximate surface area is 329 Å². The fourth-order valence-electron chi connectivity index (χ4n) is 5.41. The first-order valence-corrected chi connectivity index (χ1v) is 19.8. The van der Waals surface area contributed by atoms with E-state index in [2.05, 4.69) is 16.0 Å². The van der Waals surface area contributed by atoms with Crippen LogP contribution in [-0.4, -0.2) is 45.0 Å². The van der Waals surface area contributed by atoms with Crippen molar-refractivity contribution in [3.8, 4) is 0 Å². The van der Waals surface area contributed by atoms with E-state index in [0.717, 1.165) is 33.6 Å². The van der Waals surface area contributed by atoms with Crippen LogP contribution in [0.25, 0.3) is 5.57 Å². The number of nitrogens with one attached hydrogen (secondary N) is 3. The predicted molar refractivity (Wildman–Crippen MR) is 200 cm³/mol. The number of hydrogen-bond donors (Lipinski definition) is 6. The number of allylic oxidation sites excluding steroid dienone is 3. The van der Waals surface area contributed by atoms with Gasteiger partial charge in [-0.15, -0.1) is 0 Å². The van der Waals surface area contributed by atoms with Gasteiger partial charge in [0.1, 0.15) is 0 Å². The molecule has 12 nitrogen and oxygen atoms in total. The molecule has 0 saturated carbocycles. The van der Waals surface area contributed by atoms with Gasteiger partial charge in [-0.3, -0.25) is 13.7 Å². The third-order valence-corrected chi connectivity index (χ3v) is 10.6. The van der Waals surface area contributed by atoms with Gasteiger partial charge < -0.3 is 16.0 Å². The molecule has 6 N–H and O–H groups in total. The molecule has 0 atom stereocenters. The van der Waals surface area contributed by atoms with Crippen LogP contribution in [0.2, 0.25) is 0 Å². The van der Waals surface area contributed by atoms with Gasteiger partial charge in [0.25, 0.3) is 30.4 Å². The summed E-state index contributed by atoms with van der Waals surface area (Å²) in [5.41, 5.74) is 7.00. The van der Waals surface area contributed by atoms with Gasteiger partial charge in [-0.2, -0.15) is 25.3 Å². The van der Waals surface area contributed by atoms with E-state index >= 15 is 0 Å². The number of rotatable bonds is 11. The molecule has 53 heavy (non-hydrogen) atoms. The molecule has 1 aliphatic rings. The number of benzene rings is 5. The summed E-state index contributed by atoms with van der Waals surface area (Å²) in [4.78, 5) is -0.612. The molecule has 5 aromatic rings. The Morgan fingerprint density at radius 1 is 0.434 bits per heavy atom. The first-order valence-electron chi connectivity index (χ1n) is 15.5. The fourth-order valence-corrected chi connectivity index (χ4v) is 6.85. The summed E-state index contributed by atoms with van der Waals surface area (Å²) in [6, 6.07) is 32.3. The Balaban J connectivity index is 0.00000541.